The first-order valence-corrected chi connectivity index (χ1v) is 9.31. The zero-order chi connectivity index (χ0) is 19.6. The lowest BCUT2D eigenvalue weighted by atomic mass is 10.1. The van der Waals surface area contributed by atoms with E-state index in [1.807, 2.05) is 48.5 Å². The summed E-state index contributed by atoms with van der Waals surface area (Å²) in [4.78, 5) is 4.11. The van der Waals surface area contributed by atoms with Crippen LogP contribution < -0.4 is 19.5 Å². The molecule has 0 aliphatic heterocycles. The predicted molar refractivity (Wildman–Crippen MR) is 110 cm³/mol. The second-order valence-electron chi connectivity index (χ2n) is 6.37. The van der Waals surface area contributed by atoms with Gasteiger partial charge >= 0.3 is 0 Å². The van der Waals surface area contributed by atoms with Gasteiger partial charge in [0, 0.05) is 24.5 Å². The Kier molecular flexibility index (Phi) is 7.27. The fourth-order valence-electron chi connectivity index (χ4n) is 2.95. The number of ether oxygens (including phenoxy) is 3. The number of nitrogens with one attached hydrogen (secondary N) is 1. The number of methoxy groups -OCH3 is 2. The normalized spacial score (nSPS) is 10.5. The van der Waals surface area contributed by atoms with Crippen LogP contribution in [0, 0.1) is 0 Å². The smallest absolute Gasteiger partial charge is 0.161 e. The maximum atomic E-state index is 5.95. The first-order valence-electron chi connectivity index (χ1n) is 9.31. The first-order chi connectivity index (χ1) is 13.8. The SMILES string of the molecule is COc1ccccc1CCNCc1ccc(OC)c(OCc2cccnc2)c1. The van der Waals surface area contributed by atoms with E-state index in [9.17, 15) is 0 Å². The molecule has 0 radical (unpaired) electrons. The van der Waals surface area contributed by atoms with Crippen molar-refractivity contribution in [3.8, 4) is 17.2 Å². The summed E-state index contributed by atoms with van der Waals surface area (Å²) in [5.41, 5.74) is 3.36. The topological polar surface area (TPSA) is 52.6 Å². The van der Waals surface area contributed by atoms with Crippen molar-refractivity contribution in [1.29, 1.82) is 0 Å². The van der Waals surface area contributed by atoms with Gasteiger partial charge in [0.25, 0.3) is 0 Å². The third-order valence-electron chi connectivity index (χ3n) is 4.44. The van der Waals surface area contributed by atoms with E-state index < -0.39 is 0 Å². The number of hydrogen-bond acceptors (Lipinski definition) is 5. The van der Waals surface area contributed by atoms with Crippen LogP contribution in [0.25, 0.3) is 0 Å². The maximum Gasteiger partial charge on any atom is 0.161 e. The van der Waals surface area contributed by atoms with Gasteiger partial charge in [0.1, 0.15) is 12.4 Å². The molecule has 5 nitrogen and oxygen atoms in total. The first kappa shape index (κ1) is 19.7. The number of benzene rings is 2. The summed E-state index contributed by atoms with van der Waals surface area (Å²) in [6, 6.07) is 18.0. The maximum absolute atomic E-state index is 5.95. The van der Waals surface area contributed by atoms with E-state index in [2.05, 4.69) is 16.4 Å². The molecule has 0 amide bonds. The molecule has 0 spiro atoms. The fraction of sp³-hybridized carbons (Fsp3) is 0.261. The van der Waals surface area contributed by atoms with Gasteiger partial charge in [-0.3, -0.25) is 4.98 Å². The molecule has 146 valence electrons. The van der Waals surface area contributed by atoms with Crippen LogP contribution in [0.3, 0.4) is 0 Å². The molecule has 1 N–H and O–H groups in total. The second kappa shape index (κ2) is 10.3. The van der Waals surface area contributed by atoms with E-state index in [0.29, 0.717) is 6.61 Å². The highest BCUT2D eigenvalue weighted by atomic mass is 16.5. The van der Waals surface area contributed by atoms with Crippen molar-refractivity contribution < 1.29 is 14.2 Å². The molecule has 1 heterocycles. The van der Waals surface area contributed by atoms with Crippen LogP contribution in [0.1, 0.15) is 16.7 Å². The Balaban J connectivity index is 1.55. The van der Waals surface area contributed by atoms with Gasteiger partial charge in [-0.25, -0.2) is 0 Å². The molecule has 28 heavy (non-hydrogen) atoms. The molecule has 0 aliphatic carbocycles. The standard InChI is InChI=1S/C23H26N2O3/c1-26-21-8-4-3-7-20(21)11-13-25-15-18-9-10-22(27-2)23(14-18)28-17-19-6-5-12-24-16-19/h3-10,12,14,16,25H,11,13,15,17H2,1-2H3. The summed E-state index contributed by atoms with van der Waals surface area (Å²) in [7, 11) is 3.36. The lowest BCUT2D eigenvalue weighted by Gasteiger charge is -2.13. The Bertz CT molecular complexity index is 869. The average Bonchev–Trinajstić information content (AvgIpc) is 2.76. The van der Waals surface area contributed by atoms with Crippen LogP contribution in [0.15, 0.2) is 67.0 Å². The minimum Gasteiger partial charge on any atom is -0.496 e. The molecule has 0 fully saturated rings. The molecule has 0 saturated heterocycles. The number of rotatable bonds is 10. The van der Waals surface area contributed by atoms with E-state index in [0.717, 1.165) is 47.9 Å². The molecule has 0 atom stereocenters. The third kappa shape index (κ3) is 5.47. The van der Waals surface area contributed by atoms with E-state index in [-0.39, 0.29) is 0 Å². The molecule has 3 aromatic rings. The van der Waals surface area contributed by atoms with E-state index in [1.54, 1.807) is 26.6 Å². The van der Waals surface area contributed by atoms with Crippen LogP contribution in [-0.4, -0.2) is 25.7 Å². The molecule has 5 heteroatoms. The van der Waals surface area contributed by atoms with Crippen LogP contribution in [0.5, 0.6) is 17.2 Å². The number of hydrogen-bond donors (Lipinski definition) is 1. The number of nitrogens with zero attached hydrogens (tertiary/aromatic N) is 1. The Hall–Kier alpha value is -3.05. The van der Waals surface area contributed by atoms with Gasteiger partial charge in [-0.2, -0.15) is 0 Å². The Morgan fingerprint density at radius 1 is 0.857 bits per heavy atom. The van der Waals surface area contributed by atoms with Crippen LogP contribution in [-0.2, 0) is 19.6 Å². The van der Waals surface area contributed by atoms with Gasteiger partial charge in [-0.05, 0) is 48.4 Å². The van der Waals surface area contributed by atoms with E-state index in [1.165, 1.54) is 5.56 Å². The molecule has 2 aromatic carbocycles. The summed E-state index contributed by atoms with van der Waals surface area (Å²) >= 11 is 0. The van der Waals surface area contributed by atoms with Crippen molar-refractivity contribution in [2.75, 3.05) is 20.8 Å². The van der Waals surface area contributed by atoms with Crippen molar-refractivity contribution in [2.24, 2.45) is 0 Å². The minimum atomic E-state index is 0.453. The largest absolute Gasteiger partial charge is 0.496 e. The fourth-order valence-corrected chi connectivity index (χ4v) is 2.95. The highest BCUT2D eigenvalue weighted by molar-refractivity contribution is 5.43. The average molecular weight is 378 g/mol. The highest BCUT2D eigenvalue weighted by Gasteiger charge is 2.07. The van der Waals surface area contributed by atoms with Crippen LogP contribution in [0.4, 0.5) is 0 Å². The molecular weight excluding hydrogens is 352 g/mol. The van der Waals surface area contributed by atoms with Crippen molar-refractivity contribution in [2.45, 2.75) is 19.6 Å². The minimum absolute atomic E-state index is 0.453. The quantitative estimate of drug-likeness (QED) is 0.540. The van der Waals surface area contributed by atoms with Gasteiger partial charge in [-0.15, -0.1) is 0 Å². The van der Waals surface area contributed by atoms with Crippen LogP contribution >= 0.6 is 0 Å². The van der Waals surface area contributed by atoms with Crippen molar-refractivity contribution in [3.63, 3.8) is 0 Å². The Morgan fingerprint density at radius 2 is 1.71 bits per heavy atom. The Morgan fingerprint density at radius 3 is 2.50 bits per heavy atom. The predicted octanol–water partition coefficient (Wildman–Crippen LogP) is 4.01. The molecular formula is C23H26N2O3. The summed E-state index contributed by atoms with van der Waals surface area (Å²) in [5.74, 6) is 2.39. The summed E-state index contributed by atoms with van der Waals surface area (Å²) in [6.07, 6.45) is 4.46. The monoisotopic (exact) mass is 378 g/mol. The summed E-state index contributed by atoms with van der Waals surface area (Å²) in [5, 5.41) is 3.48. The molecule has 1 aromatic heterocycles. The van der Waals surface area contributed by atoms with E-state index in [4.69, 9.17) is 14.2 Å². The highest BCUT2D eigenvalue weighted by Crippen LogP contribution is 2.29. The number of para-hydroxylation sites is 1. The van der Waals surface area contributed by atoms with Crippen molar-refractivity contribution >= 4 is 0 Å². The Labute approximate surface area is 166 Å². The van der Waals surface area contributed by atoms with Crippen LogP contribution in [0.2, 0.25) is 0 Å². The summed E-state index contributed by atoms with van der Waals surface area (Å²) < 4.78 is 16.8. The van der Waals surface area contributed by atoms with Gasteiger partial charge in [-0.1, -0.05) is 30.3 Å². The van der Waals surface area contributed by atoms with Crippen molar-refractivity contribution in [1.82, 2.24) is 10.3 Å². The van der Waals surface area contributed by atoms with Crippen molar-refractivity contribution in [3.05, 3.63) is 83.7 Å². The molecule has 3 rings (SSSR count). The zero-order valence-corrected chi connectivity index (χ0v) is 16.4. The van der Waals surface area contributed by atoms with E-state index >= 15 is 0 Å². The second-order valence-corrected chi connectivity index (χ2v) is 6.37. The number of pyridine rings is 1. The number of aromatic nitrogens is 1. The lowest BCUT2D eigenvalue weighted by Crippen LogP contribution is -2.17. The summed E-state index contributed by atoms with van der Waals surface area (Å²) in [6.45, 7) is 2.07. The molecule has 0 aliphatic rings. The molecule has 0 unspecified atom stereocenters. The van der Waals surface area contributed by atoms with Gasteiger partial charge in [0.2, 0.25) is 0 Å². The van der Waals surface area contributed by atoms with Gasteiger partial charge in [0.15, 0.2) is 11.5 Å². The molecule has 0 saturated carbocycles. The van der Waals surface area contributed by atoms with Gasteiger partial charge < -0.3 is 19.5 Å². The van der Waals surface area contributed by atoms with Gasteiger partial charge in [0.05, 0.1) is 14.2 Å². The zero-order valence-electron chi connectivity index (χ0n) is 16.4. The lowest BCUT2D eigenvalue weighted by molar-refractivity contribution is 0.284. The third-order valence-corrected chi connectivity index (χ3v) is 4.44. The molecule has 0 bridgehead atoms.